The van der Waals surface area contributed by atoms with Crippen LogP contribution < -0.4 is 16.2 Å². The minimum atomic E-state index is -1.39. The first-order valence-corrected chi connectivity index (χ1v) is 6.29. The van der Waals surface area contributed by atoms with Crippen molar-refractivity contribution < 1.29 is 24.2 Å². The number of carboxylic acid groups (broad SMARTS) is 1. The smallest absolute Gasteiger partial charge is 0.423 e. The maximum absolute atomic E-state index is 11.8. The average molecular weight is 289 g/mol. The number of amides is 3. The Labute approximate surface area is 118 Å². The fraction of sp³-hybridized carbons (Fsp3) is 0.750. The molecule has 0 bridgehead atoms. The van der Waals surface area contributed by atoms with Crippen molar-refractivity contribution in [1.82, 2.24) is 16.2 Å². The molecule has 0 aliphatic rings. The molecule has 0 heterocycles. The zero-order chi connectivity index (χ0) is 15.9. The van der Waals surface area contributed by atoms with Gasteiger partial charge >= 0.3 is 12.2 Å². The van der Waals surface area contributed by atoms with E-state index >= 15 is 0 Å². The van der Waals surface area contributed by atoms with Crippen molar-refractivity contribution in [3.63, 3.8) is 0 Å². The molecule has 1 atom stereocenters. The second-order valence-electron chi connectivity index (χ2n) is 5.75. The maximum Gasteiger partial charge on any atom is 0.423 e. The fourth-order valence-corrected chi connectivity index (χ4v) is 1.35. The fourth-order valence-electron chi connectivity index (χ4n) is 1.35. The van der Waals surface area contributed by atoms with Gasteiger partial charge in [0.05, 0.1) is 0 Å². The Hall–Kier alpha value is -1.99. The number of ether oxygens (including phenoxy) is 1. The normalized spacial score (nSPS) is 12.5. The van der Waals surface area contributed by atoms with Crippen molar-refractivity contribution >= 4 is 18.1 Å². The molecule has 1 unspecified atom stereocenters. The average Bonchev–Trinajstić information content (AvgIpc) is 2.21. The molecule has 0 aliphatic carbocycles. The molecule has 0 spiro atoms. The first kappa shape index (κ1) is 18.0. The van der Waals surface area contributed by atoms with Crippen molar-refractivity contribution in [2.24, 2.45) is 5.92 Å². The van der Waals surface area contributed by atoms with Crippen molar-refractivity contribution in [3.05, 3.63) is 0 Å². The Morgan fingerprint density at radius 3 is 2.10 bits per heavy atom. The van der Waals surface area contributed by atoms with Crippen molar-refractivity contribution in [3.8, 4) is 0 Å². The third kappa shape index (κ3) is 9.01. The lowest BCUT2D eigenvalue weighted by Gasteiger charge is -2.24. The van der Waals surface area contributed by atoms with Gasteiger partial charge in [-0.15, -0.1) is 0 Å². The summed E-state index contributed by atoms with van der Waals surface area (Å²) in [4.78, 5) is 33.7. The highest BCUT2D eigenvalue weighted by Crippen LogP contribution is 2.09. The van der Waals surface area contributed by atoms with E-state index < -0.39 is 29.7 Å². The van der Waals surface area contributed by atoms with Crippen LogP contribution in [0.3, 0.4) is 0 Å². The molecule has 4 N–H and O–H groups in total. The molecule has 0 aromatic heterocycles. The van der Waals surface area contributed by atoms with E-state index in [1.165, 1.54) is 0 Å². The number of carbonyl (C=O) groups is 3. The Kier molecular flexibility index (Phi) is 6.81. The Morgan fingerprint density at radius 2 is 1.70 bits per heavy atom. The number of hydrazine groups is 1. The molecule has 0 aromatic rings. The van der Waals surface area contributed by atoms with E-state index in [0.717, 1.165) is 0 Å². The van der Waals surface area contributed by atoms with Gasteiger partial charge in [0.1, 0.15) is 11.6 Å². The molecule has 8 nitrogen and oxygen atoms in total. The molecule has 0 rings (SSSR count). The van der Waals surface area contributed by atoms with Gasteiger partial charge in [0.25, 0.3) is 5.91 Å². The summed E-state index contributed by atoms with van der Waals surface area (Å²) in [6.45, 7) is 8.87. The van der Waals surface area contributed by atoms with Crippen LogP contribution in [0.25, 0.3) is 0 Å². The topological polar surface area (TPSA) is 117 Å². The lowest BCUT2D eigenvalue weighted by Crippen LogP contribution is -2.53. The van der Waals surface area contributed by atoms with Crippen LogP contribution >= 0.6 is 0 Å². The minimum Gasteiger partial charge on any atom is -0.464 e. The Balaban J connectivity index is 4.59. The Bertz CT molecular complexity index is 363. The quantitative estimate of drug-likeness (QED) is 0.581. The van der Waals surface area contributed by atoms with Gasteiger partial charge in [0, 0.05) is 0 Å². The van der Waals surface area contributed by atoms with Gasteiger partial charge in [-0.2, -0.15) is 0 Å². The molecular weight excluding hydrogens is 266 g/mol. The number of alkyl carbamates (subject to hydrolysis) is 1. The maximum atomic E-state index is 11.8. The van der Waals surface area contributed by atoms with E-state index in [4.69, 9.17) is 9.84 Å². The summed E-state index contributed by atoms with van der Waals surface area (Å²) < 4.78 is 5.06. The van der Waals surface area contributed by atoms with Crippen molar-refractivity contribution in [2.45, 2.75) is 52.7 Å². The first-order chi connectivity index (χ1) is 9.01. The standard InChI is InChI=1S/C12H23N3O5/c1-7(2)6-8(9(16)14-15-10(17)18)13-11(19)20-12(3,4)5/h7-8,15H,6H2,1-5H3,(H,13,19)(H,14,16)(H,17,18). The van der Waals surface area contributed by atoms with Gasteiger partial charge in [-0.25, -0.2) is 15.0 Å². The van der Waals surface area contributed by atoms with E-state index in [1.807, 2.05) is 19.3 Å². The summed E-state index contributed by atoms with van der Waals surface area (Å²) in [7, 11) is 0. The molecule has 0 aromatic carbocycles. The molecule has 0 aliphatic heterocycles. The van der Waals surface area contributed by atoms with Crippen LogP contribution in [0, 0.1) is 5.92 Å². The predicted molar refractivity (Wildman–Crippen MR) is 71.9 cm³/mol. The summed E-state index contributed by atoms with van der Waals surface area (Å²) in [6, 6.07) is -0.878. The summed E-state index contributed by atoms with van der Waals surface area (Å²) in [5.74, 6) is -0.516. The van der Waals surface area contributed by atoms with Crippen LogP contribution in [-0.2, 0) is 9.53 Å². The van der Waals surface area contributed by atoms with Crippen molar-refractivity contribution in [1.29, 1.82) is 0 Å². The van der Waals surface area contributed by atoms with Gasteiger partial charge in [0.2, 0.25) is 0 Å². The zero-order valence-corrected chi connectivity index (χ0v) is 12.4. The molecule has 3 amide bonds. The van der Waals surface area contributed by atoms with E-state index in [1.54, 1.807) is 26.2 Å². The first-order valence-electron chi connectivity index (χ1n) is 6.29. The van der Waals surface area contributed by atoms with Crippen LogP contribution in [0.2, 0.25) is 0 Å². The third-order valence-corrected chi connectivity index (χ3v) is 2.01. The van der Waals surface area contributed by atoms with Crippen LogP contribution in [0.4, 0.5) is 9.59 Å². The summed E-state index contributed by atoms with van der Waals surface area (Å²) >= 11 is 0. The number of nitrogens with one attached hydrogen (secondary N) is 3. The minimum absolute atomic E-state index is 0.130. The second-order valence-corrected chi connectivity index (χ2v) is 5.75. The van der Waals surface area contributed by atoms with Gasteiger partial charge in [-0.1, -0.05) is 13.8 Å². The van der Waals surface area contributed by atoms with E-state index in [9.17, 15) is 14.4 Å². The van der Waals surface area contributed by atoms with E-state index in [-0.39, 0.29) is 5.92 Å². The molecular formula is C12H23N3O5. The number of carbonyl (C=O) groups excluding carboxylic acids is 2. The molecule has 8 heteroatoms. The summed E-state index contributed by atoms with van der Waals surface area (Å²) in [6.07, 6.45) is -1.76. The van der Waals surface area contributed by atoms with Crippen LogP contribution in [0.1, 0.15) is 41.0 Å². The highest BCUT2D eigenvalue weighted by atomic mass is 16.6. The van der Waals surface area contributed by atoms with Gasteiger partial charge < -0.3 is 15.2 Å². The predicted octanol–water partition coefficient (Wildman–Crippen LogP) is 1.22. The highest BCUT2D eigenvalue weighted by Gasteiger charge is 2.25. The highest BCUT2D eigenvalue weighted by molar-refractivity contribution is 5.86. The molecule has 0 saturated carbocycles. The molecule has 0 saturated heterocycles. The summed E-state index contributed by atoms with van der Waals surface area (Å²) in [5, 5.41) is 10.8. The lowest BCUT2D eigenvalue weighted by molar-refractivity contribution is -0.124. The van der Waals surface area contributed by atoms with Gasteiger partial charge in [-0.3, -0.25) is 10.2 Å². The summed E-state index contributed by atoms with van der Waals surface area (Å²) in [5.41, 5.74) is 3.06. The van der Waals surface area contributed by atoms with Crippen LogP contribution in [-0.4, -0.2) is 34.8 Å². The van der Waals surface area contributed by atoms with Gasteiger partial charge in [0.15, 0.2) is 0 Å². The third-order valence-electron chi connectivity index (χ3n) is 2.01. The molecule has 0 fully saturated rings. The molecule has 20 heavy (non-hydrogen) atoms. The number of hydrogen-bond acceptors (Lipinski definition) is 4. The van der Waals surface area contributed by atoms with E-state index in [0.29, 0.717) is 6.42 Å². The molecule has 116 valence electrons. The van der Waals surface area contributed by atoms with Crippen molar-refractivity contribution in [2.75, 3.05) is 0 Å². The number of hydrogen-bond donors (Lipinski definition) is 4. The second kappa shape index (κ2) is 7.56. The SMILES string of the molecule is CC(C)CC(NC(=O)OC(C)(C)C)C(=O)NNC(=O)O. The van der Waals surface area contributed by atoms with E-state index in [2.05, 4.69) is 5.32 Å². The van der Waals surface area contributed by atoms with Gasteiger partial charge in [-0.05, 0) is 33.1 Å². The Morgan fingerprint density at radius 1 is 1.15 bits per heavy atom. The monoisotopic (exact) mass is 289 g/mol. The van der Waals surface area contributed by atoms with Crippen LogP contribution in [0.15, 0.2) is 0 Å². The number of rotatable bonds is 4. The van der Waals surface area contributed by atoms with Crippen LogP contribution in [0.5, 0.6) is 0 Å². The zero-order valence-electron chi connectivity index (χ0n) is 12.4. The largest absolute Gasteiger partial charge is 0.464 e. The molecule has 0 radical (unpaired) electrons. The lowest BCUT2D eigenvalue weighted by atomic mass is 10.0.